The third-order valence-electron chi connectivity index (χ3n) is 3.28. The molecule has 109 valence electrons. The Morgan fingerprint density at radius 3 is 2.55 bits per heavy atom. The summed E-state index contributed by atoms with van der Waals surface area (Å²) < 4.78 is 6.81. The Bertz CT molecular complexity index is 754. The molecule has 0 saturated heterocycles. The van der Waals surface area contributed by atoms with E-state index < -0.39 is 0 Å². The maximum atomic E-state index is 6.01. The van der Waals surface area contributed by atoms with Crippen LogP contribution in [0.2, 0.25) is 5.02 Å². The second-order valence-corrected chi connectivity index (χ2v) is 6.12. The predicted octanol–water partition coefficient (Wildman–Crippen LogP) is 6.15. The first-order valence-electron chi connectivity index (χ1n) is 6.86. The molecule has 3 aromatic rings. The van der Waals surface area contributed by atoms with Crippen molar-refractivity contribution in [1.29, 1.82) is 0 Å². The quantitative estimate of drug-likeness (QED) is 0.534. The highest BCUT2D eigenvalue weighted by atomic mass is 79.9. The third kappa shape index (κ3) is 3.70. The number of ether oxygens (including phenoxy) is 1. The van der Waals surface area contributed by atoms with Crippen LogP contribution < -0.4 is 4.74 Å². The van der Waals surface area contributed by atoms with E-state index in [-0.39, 0.29) is 0 Å². The van der Waals surface area contributed by atoms with E-state index in [2.05, 4.69) is 22.0 Å². The zero-order chi connectivity index (χ0) is 15.4. The molecular weight excluding hydrogens is 360 g/mol. The Balaban J connectivity index is 1.70. The molecule has 0 aliphatic heterocycles. The van der Waals surface area contributed by atoms with Crippen LogP contribution in [0.3, 0.4) is 0 Å². The monoisotopic (exact) mass is 371 g/mol. The molecule has 1 nitrogen and oxygen atoms in total. The molecule has 0 aliphatic rings. The highest BCUT2D eigenvalue weighted by molar-refractivity contribution is 9.10. The van der Waals surface area contributed by atoms with Gasteiger partial charge in [0.2, 0.25) is 0 Å². The summed E-state index contributed by atoms with van der Waals surface area (Å²) in [4.78, 5) is 0. The molecule has 0 atom stereocenters. The average molecular weight is 373 g/mol. The largest absolute Gasteiger partial charge is 0.489 e. The highest BCUT2D eigenvalue weighted by Gasteiger charge is 2.03. The molecule has 22 heavy (non-hydrogen) atoms. The van der Waals surface area contributed by atoms with Gasteiger partial charge in [-0.15, -0.1) is 0 Å². The molecule has 0 aliphatic carbocycles. The molecule has 0 amide bonds. The van der Waals surface area contributed by atoms with Crippen LogP contribution in [-0.2, 0) is 6.61 Å². The van der Waals surface area contributed by atoms with Crippen molar-refractivity contribution in [3.63, 3.8) is 0 Å². The summed E-state index contributed by atoms with van der Waals surface area (Å²) in [7, 11) is 0. The van der Waals surface area contributed by atoms with Gasteiger partial charge in [-0.25, -0.2) is 0 Å². The van der Waals surface area contributed by atoms with Crippen LogP contribution >= 0.6 is 27.5 Å². The molecule has 0 fully saturated rings. The molecule has 3 rings (SSSR count). The van der Waals surface area contributed by atoms with Gasteiger partial charge in [0.15, 0.2) is 0 Å². The fourth-order valence-corrected chi connectivity index (χ4v) is 2.67. The Morgan fingerprint density at radius 2 is 1.82 bits per heavy atom. The van der Waals surface area contributed by atoms with Crippen LogP contribution in [0.15, 0.2) is 71.2 Å². The Morgan fingerprint density at radius 1 is 1.00 bits per heavy atom. The van der Waals surface area contributed by atoms with E-state index in [9.17, 15) is 0 Å². The minimum Gasteiger partial charge on any atom is -0.489 e. The van der Waals surface area contributed by atoms with E-state index in [1.54, 1.807) is 0 Å². The summed E-state index contributed by atoms with van der Waals surface area (Å²) in [6.07, 6.45) is 0. The lowest BCUT2D eigenvalue weighted by molar-refractivity contribution is 0.305. The van der Waals surface area contributed by atoms with Crippen molar-refractivity contribution in [1.82, 2.24) is 0 Å². The Labute approximate surface area is 143 Å². The van der Waals surface area contributed by atoms with E-state index in [1.165, 1.54) is 0 Å². The molecule has 0 unspecified atom stereocenters. The van der Waals surface area contributed by atoms with E-state index >= 15 is 0 Å². The van der Waals surface area contributed by atoms with Gasteiger partial charge in [0.05, 0.1) is 0 Å². The van der Waals surface area contributed by atoms with Gasteiger partial charge >= 0.3 is 0 Å². The molecule has 0 aromatic heterocycles. The molecule has 0 N–H and O–H groups in total. The van der Waals surface area contributed by atoms with Crippen LogP contribution in [0, 0.1) is 6.07 Å². The third-order valence-corrected chi connectivity index (χ3v) is 4.29. The van der Waals surface area contributed by atoms with Crippen LogP contribution in [0.5, 0.6) is 5.75 Å². The molecule has 0 spiro atoms. The fourth-order valence-electron chi connectivity index (χ4n) is 2.12. The Hall–Kier alpha value is -1.77. The minimum absolute atomic E-state index is 0.470. The predicted molar refractivity (Wildman–Crippen MR) is 94.2 cm³/mol. The lowest BCUT2D eigenvalue weighted by atomic mass is 10.1. The average Bonchev–Trinajstić information content (AvgIpc) is 2.57. The van der Waals surface area contributed by atoms with Crippen molar-refractivity contribution in [2.24, 2.45) is 0 Å². The van der Waals surface area contributed by atoms with E-state index in [1.807, 2.05) is 66.7 Å². The first-order valence-corrected chi connectivity index (χ1v) is 8.03. The summed E-state index contributed by atoms with van der Waals surface area (Å²) in [5.41, 5.74) is 3.22. The first-order chi connectivity index (χ1) is 10.7. The molecule has 3 heteroatoms. The standard InChI is InChI=1S/C19H13BrClO/c20-19-11-8-17(21)12-16(19)13-22-18-9-6-15(7-10-18)14-4-2-1-3-5-14/h1-4,6-12H,13H2. The second kappa shape index (κ2) is 6.99. The highest BCUT2D eigenvalue weighted by Crippen LogP contribution is 2.25. The van der Waals surface area contributed by atoms with Gasteiger partial charge in [-0.3, -0.25) is 0 Å². The van der Waals surface area contributed by atoms with Crippen molar-refractivity contribution in [3.8, 4) is 16.9 Å². The molecule has 0 heterocycles. The number of rotatable bonds is 4. The van der Waals surface area contributed by atoms with Gasteiger partial charge < -0.3 is 4.74 Å². The van der Waals surface area contributed by atoms with Crippen molar-refractivity contribution < 1.29 is 4.74 Å². The number of benzene rings is 3. The second-order valence-electron chi connectivity index (χ2n) is 4.83. The molecule has 0 saturated carbocycles. The van der Waals surface area contributed by atoms with Gasteiger partial charge in [0.1, 0.15) is 12.4 Å². The van der Waals surface area contributed by atoms with Crippen LogP contribution in [0.1, 0.15) is 5.56 Å². The first kappa shape index (κ1) is 15.1. The van der Waals surface area contributed by atoms with Gasteiger partial charge in [0.25, 0.3) is 0 Å². The van der Waals surface area contributed by atoms with Gasteiger partial charge in [-0.05, 0) is 47.5 Å². The topological polar surface area (TPSA) is 9.23 Å². The van der Waals surface area contributed by atoms with Crippen LogP contribution in [0.4, 0.5) is 0 Å². The van der Waals surface area contributed by atoms with E-state index in [0.29, 0.717) is 11.6 Å². The summed E-state index contributed by atoms with van der Waals surface area (Å²) >= 11 is 9.51. The summed E-state index contributed by atoms with van der Waals surface area (Å²) in [5.74, 6) is 0.826. The minimum atomic E-state index is 0.470. The van der Waals surface area contributed by atoms with Crippen molar-refractivity contribution >= 4 is 27.5 Å². The number of hydrogen-bond acceptors (Lipinski definition) is 1. The van der Waals surface area contributed by atoms with Gasteiger partial charge in [0, 0.05) is 15.1 Å². The summed E-state index contributed by atoms with van der Waals surface area (Å²) in [5, 5.41) is 0.705. The van der Waals surface area contributed by atoms with Crippen LogP contribution in [-0.4, -0.2) is 0 Å². The SMILES string of the molecule is Clc1ccc(Br)c(COc2ccc(-c3[c]cccc3)cc2)c1. The van der Waals surface area contributed by atoms with E-state index in [0.717, 1.165) is 26.9 Å². The lowest BCUT2D eigenvalue weighted by Crippen LogP contribution is -1.96. The maximum Gasteiger partial charge on any atom is 0.119 e. The molecule has 3 aromatic carbocycles. The molecule has 1 radical (unpaired) electrons. The van der Waals surface area contributed by atoms with Crippen molar-refractivity contribution in [3.05, 3.63) is 87.9 Å². The zero-order valence-corrected chi connectivity index (χ0v) is 14.1. The Kier molecular flexibility index (Phi) is 4.81. The van der Waals surface area contributed by atoms with Crippen molar-refractivity contribution in [2.75, 3.05) is 0 Å². The number of hydrogen-bond donors (Lipinski definition) is 0. The normalized spacial score (nSPS) is 10.5. The van der Waals surface area contributed by atoms with Gasteiger partial charge in [-0.1, -0.05) is 63.9 Å². The van der Waals surface area contributed by atoms with Crippen molar-refractivity contribution in [2.45, 2.75) is 6.61 Å². The fraction of sp³-hybridized carbons (Fsp3) is 0.0526. The lowest BCUT2D eigenvalue weighted by Gasteiger charge is -2.09. The smallest absolute Gasteiger partial charge is 0.119 e. The summed E-state index contributed by atoms with van der Waals surface area (Å²) in [6, 6.07) is 24.8. The molecular formula is C19H13BrClO. The molecule has 0 bridgehead atoms. The van der Waals surface area contributed by atoms with Crippen LogP contribution in [0.25, 0.3) is 11.1 Å². The number of halogens is 2. The van der Waals surface area contributed by atoms with E-state index in [4.69, 9.17) is 16.3 Å². The maximum absolute atomic E-state index is 6.01. The summed E-state index contributed by atoms with van der Waals surface area (Å²) in [6.45, 7) is 0.470. The zero-order valence-electron chi connectivity index (χ0n) is 11.7. The van der Waals surface area contributed by atoms with Gasteiger partial charge in [-0.2, -0.15) is 0 Å².